The monoisotopic (exact) mass is 332 g/mol. The number of halogens is 2. The summed E-state index contributed by atoms with van der Waals surface area (Å²) < 4.78 is 32.0. The quantitative estimate of drug-likeness (QED) is 0.616. The highest BCUT2D eigenvalue weighted by Gasteiger charge is 2.42. The molecular weight excluding hydrogens is 318 g/mol. The predicted octanol–water partition coefficient (Wildman–Crippen LogP) is 3.92. The number of benzene rings is 2. The summed E-state index contributed by atoms with van der Waals surface area (Å²) in [6.45, 7) is 0.0771. The Bertz CT molecular complexity index is 763. The molecule has 0 aliphatic carbocycles. The highest BCUT2D eigenvalue weighted by molar-refractivity contribution is 5.95. The van der Waals surface area contributed by atoms with Crippen molar-refractivity contribution in [1.82, 2.24) is 0 Å². The third-order valence-electron chi connectivity index (χ3n) is 3.88. The van der Waals surface area contributed by atoms with Crippen LogP contribution in [0.3, 0.4) is 0 Å². The van der Waals surface area contributed by atoms with E-state index in [0.717, 1.165) is 0 Å². The van der Waals surface area contributed by atoms with Gasteiger partial charge in [0.05, 0.1) is 17.9 Å². The Kier molecular flexibility index (Phi) is 4.24. The maximum atomic E-state index is 13.1. The van der Waals surface area contributed by atoms with Gasteiger partial charge in [-0.15, -0.1) is 0 Å². The maximum absolute atomic E-state index is 13.1. The number of rotatable bonds is 5. The Balaban J connectivity index is 1.88. The number of aliphatic imine (C=N–C) groups is 1. The summed E-state index contributed by atoms with van der Waals surface area (Å²) in [6, 6.07) is 14.4. The molecule has 1 heterocycles. The van der Waals surface area contributed by atoms with Crippen molar-refractivity contribution >= 4 is 11.6 Å². The average molecular weight is 332 g/mol. The molecule has 1 unspecified atom stereocenters. The van der Waals surface area contributed by atoms with Crippen molar-refractivity contribution in [3.8, 4) is 0 Å². The molecule has 0 bridgehead atoms. The highest BCUT2D eigenvalue weighted by Crippen LogP contribution is 2.37. The minimum Gasteiger partial charge on any atom is -0.464 e. The van der Waals surface area contributed by atoms with Gasteiger partial charge in [-0.25, -0.2) is 13.8 Å². The molecule has 24 heavy (non-hydrogen) atoms. The minimum absolute atomic E-state index is 0.0563. The van der Waals surface area contributed by atoms with Crippen LogP contribution in [0, 0.1) is 10.1 Å². The maximum Gasteiger partial charge on any atom is 0.269 e. The van der Waals surface area contributed by atoms with E-state index in [0.29, 0.717) is 11.1 Å². The molecule has 0 radical (unpaired) electrons. The minimum atomic E-state index is -2.54. The second-order valence-electron chi connectivity index (χ2n) is 5.48. The van der Waals surface area contributed by atoms with E-state index in [1.54, 1.807) is 30.3 Å². The Labute approximate surface area is 136 Å². The molecule has 5 nitrogen and oxygen atoms in total. The number of alkyl halides is 2. The van der Waals surface area contributed by atoms with Gasteiger partial charge in [0.25, 0.3) is 5.69 Å². The fourth-order valence-corrected chi connectivity index (χ4v) is 2.69. The van der Waals surface area contributed by atoms with Gasteiger partial charge in [0.1, 0.15) is 0 Å². The summed E-state index contributed by atoms with van der Waals surface area (Å²) >= 11 is 0. The van der Waals surface area contributed by atoms with Gasteiger partial charge in [0.15, 0.2) is 5.60 Å². The molecule has 3 rings (SSSR count). The van der Waals surface area contributed by atoms with Crippen LogP contribution in [0.25, 0.3) is 0 Å². The zero-order chi connectivity index (χ0) is 17.2. The van der Waals surface area contributed by atoms with Gasteiger partial charge >= 0.3 is 0 Å². The molecule has 1 aliphatic heterocycles. The summed E-state index contributed by atoms with van der Waals surface area (Å²) in [5.74, 6) is 0.217. The largest absolute Gasteiger partial charge is 0.464 e. The predicted molar refractivity (Wildman–Crippen MR) is 84.3 cm³/mol. The third-order valence-corrected chi connectivity index (χ3v) is 3.88. The molecule has 2 aromatic rings. The first-order valence-electron chi connectivity index (χ1n) is 7.32. The molecule has 0 saturated heterocycles. The number of hydrogen-bond acceptors (Lipinski definition) is 4. The van der Waals surface area contributed by atoms with E-state index in [-0.39, 0.29) is 18.1 Å². The van der Waals surface area contributed by atoms with Crippen LogP contribution in [0.2, 0.25) is 0 Å². The third kappa shape index (κ3) is 3.10. The van der Waals surface area contributed by atoms with E-state index in [4.69, 9.17) is 4.74 Å². The van der Waals surface area contributed by atoms with E-state index in [1.807, 2.05) is 0 Å². The lowest BCUT2D eigenvalue weighted by molar-refractivity contribution is -0.384. The van der Waals surface area contributed by atoms with Gasteiger partial charge in [-0.2, -0.15) is 0 Å². The van der Waals surface area contributed by atoms with Gasteiger partial charge in [-0.3, -0.25) is 10.1 Å². The molecule has 0 aromatic heterocycles. The Morgan fingerprint density at radius 2 is 1.83 bits per heavy atom. The van der Waals surface area contributed by atoms with Gasteiger partial charge < -0.3 is 4.74 Å². The van der Waals surface area contributed by atoms with Gasteiger partial charge in [-0.1, -0.05) is 30.3 Å². The number of nitrogens with zero attached hydrogens (tertiary/aromatic N) is 2. The zero-order valence-electron chi connectivity index (χ0n) is 12.6. The summed E-state index contributed by atoms with van der Waals surface area (Å²) in [7, 11) is 0. The van der Waals surface area contributed by atoms with Crippen LogP contribution in [0.5, 0.6) is 0 Å². The van der Waals surface area contributed by atoms with Crippen molar-refractivity contribution in [3.05, 3.63) is 75.8 Å². The first kappa shape index (κ1) is 16.0. The van der Waals surface area contributed by atoms with Crippen LogP contribution in [-0.2, 0) is 10.3 Å². The number of hydrogen-bond donors (Lipinski definition) is 0. The number of non-ortho nitro benzene ring substituents is 1. The number of nitro benzene ring substituents is 1. The Hall–Kier alpha value is -2.83. The second kappa shape index (κ2) is 6.35. The van der Waals surface area contributed by atoms with Crippen molar-refractivity contribution < 1.29 is 18.4 Å². The fourth-order valence-electron chi connectivity index (χ4n) is 2.69. The smallest absolute Gasteiger partial charge is 0.269 e. The van der Waals surface area contributed by atoms with Crippen molar-refractivity contribution in [2.45, 2.75) is 18.4 Å². The van der Waals surface area contributed by atoms with Crippen LogP contribution in [0.4, 0.5) is 14.5 Å². The first-order chi connectivity index (χ1) is 11.5. The fraction of sp³-hybridized carbons (Fsp3) is 0.235. The van der Waals surface area contributed by atoms with E-state index in [2.05, 4.69) is 4.99 Å². The van der Waals surface area contributed by atoms with Gasteiger partial charge in [-0.05, 0) is 17.7 Å². The number of ether oxygens (including phenoxy) is 1. The molecule has 1 aliphatic rings. The van der Waals surface area contributed by atoms with Gasteiger partial charge in [0.2, 0.25) is 12.3 Å². The molecule has 7 heteroatoms. The van der Waals surface area contributed by atoms with E-state index >= 15 is 0 Å². The topological polar surface area (TPSA) is 64.7 Å². The second-order valence-corrected chi connectivity index (χ2v) is 5.48. The van der Waals surface area contributed by atoms with Crippen molar-refractivity contribution in [3.63, 3.8) is 0 Å². The lowest BCUT2D eigenvalue weighted by Gasteiger charge is -2.28. The zero-order valence-corrected chi connectivity index (χ0v) is 12.6. The Morgan fingerprint density at radius 3 is 2.42 bits per heavy atom. The number of nitro groups is 1. The van der Waals surface area contributed by atoms with E-state index < -0.39 is 23.4 Å². The van der Waals surface area contributed by atoms with Crippen LogP contribution < -0.4 is 0 Å². The van der Waals surface area contributed by atoms with E-state index in [9.17, 15) is 18.9 Å². The van der Waals surface area contributed by atoms with Crippen molar-refractivity contribution in [2.75, 3.05) is 6.54 Å². The summed E-state index contributed by atoms with van der Waals surface area (Å²) in [4.78, 5) is 14.5. The van der Waals surface area contributed by atoms with Crippen molar-refractivity contribution in [1.29, 1.82) is 0 Å². The van der Waals surface area contributed by atoms with E-state index in [1.165, 1.54) is 24.3 Å². The molecule has 2 aromatic carbocycles. The Morgan fingerprint density at radius 1 is 1.17 bits per heavy atom. The molecule has 0 N–H and O–H groups in total. The molecule has 1 atom stereocenters. The molecule has 0 saturated carbocycles. The van der Waals surface area contributed by atoms with Crippen LogP contribution in [0.1, 0.15) is 17.5 Å². The molecule has 0 spiro atoms. The molecule has 0 fully saturated rings. The molecular formula is C17H14F2N2O3. The molecule has 0 amide bonds. The summed E-state index contributed by atoms with van der Waals surface area (Å²) in [6.07, 6.45) is -3.02. The van der Waals surface area contributed by atoms with Crippen molar-refractivity contribution in [2.24, 2.45) is 4.99 Å². The standard InChI is InChI=1S/C17H14F2N2O3/c18-15(19)10-17(13-4-2-1-3-5-13)11-20-16(24-17)12-6-8-14(9-7-12)21(22)23/h1-9,15H,10-11H2. The normalized spacial score (nSPS) is 19.9. The molecule has 124 valence electrons. The lowest BCUT2D eigenvalue weighted by Crippen LogP contribution is -2.33. The van der Waals surface area contributed by atoms with Crippen LogP contribution >= 0.6 is 0 Å². The van der Waals surface area contributed by atoms with Gasteiger partial charge in [0, 0.05) is 17.7 Å². The highest BCUT2D eigenvalue weighted by atomic mass is 19.3. The lowest BCUT2D eigenvalue weighted by atomic mass is 9.90. The first-order valence-corrected chi connectivity index (χ1v) is 7.32. The van der Waals surface area contributed by atoms with Crippen LogP contribution in [0.15, 0.2) is 59.6 Å². The average Bonchev–Trinajstić information content (AvgIpc) is 3.00. The SMILES string of the molecule is O=[N+]([O-])c1ccc(C2=NCC(CC(F)F)(c3ccccc3)O2)cc1. The summed E-state index contributed by atoms with van der Waals surface area (Å²) in [5.41, 5.74) is -0.120. The van der Waals surface area contributed by atoms with Crippen LogP contribution in [-0.4, -0.2) is 23.8 Å². The summed E-state index contributed by atoms with van der Waals surface area (Å²) in [5, 5.41) is 10.7.